The maximum absolute atomic E-state index is 14.1. The third-order valence-corrected chi connectivity index (χ3v) is 11.4. The van der Waals surface area contributed by atoms with Crippen molar-refractivity contribution in [3.05, 3.63) is 70.7 Å². The summed E-state index contributed by atoms with van der Waals surface area (Å²) >= 11 is 0. The topological polar surface area (TPSA) is 133 Å². The second-order valence-electron chi connectivity index (χ2n) is 11.7. The molecule has 12 heteroatoms. The summed E-state index contributed by atoms with van der Waals surface area (Å²) in [5.74, 6) is -0.494. The third kappa shape index (κ3) is 4.06. The quantitative estimate of drug-likeness (QED) is 0.550. The number of amidine groups is 1. The molecule has 6 aliphatic rings. The van der Waals surface area contributed by atoms with Crippen LogP contribution in [0, 0.1) is 35.4 Å². The van der Waals surface area contributed by atoms with Gasteiger partial charge in [0, 0.05) is 24.8 Å². The first-order valence-electron chi connectivity index (χ1n) is 13.3. The SMILES string of the molecule is CS(=O)(=O)Cc1ccc2c(c1)S(=O)(=O)N=C(C1=C(O)C3C4CCC(C5CC54)C3N(Cc3ccc(F)cc3)C1=O)N2. The minimum Gasteiger partial charge on any atom is -0.511 e. The molecule has 2 aromatic carbocycles. The van der Waals surface area contributed by atoms with E-state index < -0.39 is 25.8 Å². The summed E-state index contributed by atoms with van der Waals surface area (Å²) in [6.45, 7) is 0.198. The highest BCUT2D eigenvalue weighted by Gasteiger charge is 2.65. The lowest BCUT2D eigenvalue weighted by Gasteiger charge is -2.54. The first kappa shape index (κ1) is 25.7. The minimum atomic E-state index is -4.32. The van der Waals surface area contributed by atoms with Gasteiger partial charge in [0.05, 0.1) is 11.4 Å². The number of sulfonamides is 1. The van der Waals surface area contributed by atoms with E-state index in [4.69, 9.17) is 0 Å². The van der Waals surface area contributed by atoms with Crippen LogP contribution in [0.5, 0.6) is 0 Å². The lowest BCUT2D eigenvalue weighted by Crippen LogP contribution is -2.60. The van der Waals surface area contributed by atoms with Crippen molar-refractivity contribution < 1.29 is 31.1 Å². The Morgan fingerprint density at radius 1 is 1.05 bits per heavy atom. The van der Waals surface area contributed by atoms with Crippen LogP contribution in [-0.4, -0.2) is 50.9 Å². The highest BCUT2D eigenvalue weighted by Crippen LogP contribution is 2.67. The number of anilines is 1. The normalized spacial score (nSPS) is 31.6. The van der Waals surface area contributed by atoms with E-state index in [1.165, 1.54) is 30.3 Å². The largest absolute Gasteiger partial charge is 0.511 e. The molecule has 2 N–H and O–H groups in total. The van der Waals surface area contributed by atoms with E-state index in [0.717, 1.165) is 31.1 Å². The summed E-state index contributed by atoms with van der Waals surface area (Å²) in [6.07, 6.45) is 4.04. The molecule has 0 aromatic heterocycles. The number of hydrogen-bond donors (Lipinski definition) is 2. The number of nitrogens with one attached hydrogen (secondary N) is 1. The zero-order valence-corrected chi connectivity index (χ0v) is 23.3. The molecule has 0 spiro atoms. The van der Waals surface area contributed by atoms with Gasteiger partial charge in [-0.1, -0.05) is 18.2 Å². The van der Waals surface area contributed by atoms with E-state index in [1.807, 2.05) is 0 Å². The summed E-state index contributed by atoms with van der Waals surface area (Å²) < 4.78 is 67.6. The van der Waals surface area contributed by atoms with Crippen molar-refractivity contribution in [1.82, 2.24) is 4.90 Å². The first-order chi connectivity index (χ1) is 18.9. The van der Waals surface area contributed by atoms with Crippen LogP contribution in [0.4, 0.5) is 10.1 Å². The Balaban J connectivity index is 1.31. The van der Waals surface area contributed by atoms with Gasteiger partial charge in [0.2, 0.25) is 0 Å². The predicted octanol–water partition coefficient (Wildman–Crippen LogP) is 3.40. The lowest BCUT2D eigenvalue weighted by molar-refractivity contribution is -0.140. The number of amides is 1. The molecule has 6 atom stereocenters. The predicted molar refractivity (Wildman–Crippen MR) is 145 cm³/mol. The van der Waals surface area contributed by atoms with Crippen LogP contribution in [-0.2, 0) is 37.0 Å². The van der Waals surface area contributed by atoms with Crippen molar-refractivity contribution in [3.63, 3.8) is 0 Å². The summed E-state index contributed by atoms with van der Waals surface area (Å²) in [4.78, 5) is 15.7. The van der Waals surface area contributed by atoms with Gasteiger partial charge in [-0.3, -0.25) is 4.79 Å². The van der Waals surface area contributed by atoms with E-state index in [9.17, 15) is 31.1 Å². The van der Waals surface area contributed by atoms with Crippen LogP contribution < -0.4 is 5.32 Å². The van der Waals surface area contributed by atoms with E-state index in [-0.39, 0.29) is 69.7 Å². The van der Waals surface area contributed by atoms with Crippen molar-refractivity contribution in [1.29, 1.82) is 0 Å². The molecule has 2 aromatic rings. The van der Waals surface area contributed by atoms with Gasteiger partial charge >= 0.3 is 0 Å². The van der Waals surface area contributed by atoms with Gasteiger partial charge in [0.15, 0.2) is 15.7 Å². The number of nitrogens with zero attached hydrogens (tertiary/aromatic N) is 2. The van der Waals surface area contributed by atoms with E-state index in [2.05, 4.69) is 9.71 Å². The number of hydrogen-bond acceptors (Lipinski definition) is 7. The highest BCUT2D eigenvalue weighted by molar-refractivity contribution is 7.90. The molecule has 0 radical (unpaired) electrons. The molecule has 4 saturated carbocycles. The molecule has 40 heavy (non-hydrogen) atoms. The summed E-state index contributed by atoms with van der Waals surface area (Å²) in [6, 6.07) is 9.93. The molecule has 8 rings (SSSR count). The number of benzene rings is 2. The van der Waals surface area contributed by atoms with Crippen molar-refractivity contribution >= 4 is 37.3 Å². The molecule has 4 fully saturated rings. The summed E-state index contributed by atoms with van der Waals surface area (Å²) in [5, 5.41) is 14.6. The average Bonchev–Trinajstić information content (AvgIpc) is 3.70. The smallest absolute Gasteiger partial charge is 0.286 e. The van der Waals surface area contributed by atoms with E-state index in [0.29, 0.717) is 17.4 Å². The summed E-state index contributed by atoms with van der Waals surface area (Å²) in [5.41, 5.74) is 1.02. The Bertz CT molecular complexity index is 1740. The van der Waals surface area contributed by atoms with Crippen molar-refractivity contribution in [2.45, 2.75) is 42.5 Å². The molecular formula is C28H28FN3O6S2. The fourth-order valence-electron chi connectivity index (χ4n) is 7.66. The van der Waals surface area contributed by atoms with E-state index in [1.54, 1.807) is 17.0 Å². The van der Waals surface area contributed by atoms with Crippen LogP contribution in [0.1, 0.15) is 30.4 Å². The number of aliphatic hydroxyl groups is 1. The van der Waals surface area contributed by atoms with Gasteiger partial charge < -0.3 is 15.3 Å². The number of aliphatic hydroxyl groups excluding tert-OH is 1. The Morgan fingerprint density at radius 3 is 2.45 bits per heavy atom. The van der Waals surface area contributed by atoms with Gasteiger partial charge in [-0.05, 0) is 78.3 Å². The van der Waals surface area contributed by atoms with Gasteiger partial charge in [-0.25, -0.2) is 12.8 Å². The molecule has 2 aliphatic heterocycles. The molecule has 0 saturated heterocycles. The monoisotopic (exact) mass is 585 g/mol. The van der Waals surface area contributed by atoms with Gasteiger partial charge in [0.1, 0.15) is 22.0 Å². The van der Waals surface area contributed by atoms with Crippen LogP contribution in [0.2, 0.25) is 0 Å². The van der Waals surface area contributed by atoms with Gasteiger partial charge in [-0.15, -0.1) is 4.40 Å². The van der Waals surface area contributed by atoms with Gasteiger partial charge in [-0.2, -0.15) is 8.42 Å². The number of rotatable bonds is 5. The molecule has 6 unspecified atom stereocenters. The fraction of sp³-hybridized carbons (Fsp3) is 0.429. The minimum absolute atomic E-state index is 0.121. The second kappa shape index (κ2) is 8.62. The third-order valence-electron chi connectivity index (χ3n) is 9.22. The number of fused-ring (bicyclic) bond motifs is 2. The van der Waals surface area contributed by atoms with Crippen molar-refractivity contribution in [2.75, 3.05) is 11.6 Å². The Kier molecular flexibility index (Phi) is 5.54. The first-order valence-corrected chi connectivity index (χ1v) is 16.8. The van der Waals surface area contributed by atoms with Crippen molar-refractivity contribution in [2.24, 2.45) is 34.0 Å². The molecule has 1 amide bonds. The molecule has 9 nitrogen and oxygen atoms in total. The summed E-state index contributed by atoms with van der Waals surface area (Å²) in [7, 11) is -7.71. The molecular weight excluding hydrogens is 557 g/mol. The zero-order valence-electron chi connectivity index (χ0n) is 21.6. The number of halogens is 1. The molecule has 4 aliphatic carbocycles. The maximum Gasteiger partial charge on any atom is 0.286 e. The second-order valence-corrected chi connectivity index (χ2v) is 15.5. The number of carbonyl (C=O) groups excluding carboxylic acids is 1. The average molecular weight is 586 g/mol. The zero-order chi connectivity index (χ0) is 28.1. The van der Waals surface area contributed by atoms with Crippen molar-refractivity contribution in [3.8, 4) is 0 Å². The Morgan fingerprint density at radius 2 is 1.73 bits per heavy atom. The number of carbonyl (C=O) groups is 1. The number of sulfone groups is 1. The Labute approximate surface area is 231 Å². The molecule has 210 valence electrons. The highest BCUT2D eigenvalue weighted by atomic mass is 32.2. The van der Waals surface area contributed by atoms with E-state index >= 15 is 0 Å². The van der Waals surface area contributed by atoms with Gasteiger partial charge in [0.25, 0.3) is 15.9 Å². The fourth-order valence-corrected chi connectivity index (χ4v) is 9.62. The van der Waals surface area contributed by atoms with Crippen LogP contribution in [0.15, 0.2) is 63.1 Å². The van der Waals surface area contributed by atoms with Crippen LogP contribution in [0.3, 0.4) is 0 Å². The molecule has 2 heterocycles. The van der Waals surface area contributed by atoms with Crippen LogP contribution in [0.25, 0.3) is 0 Å². The standard InChI is InChI=1S/C28H28FN3O6S2/c1-39(35,36)13-15-4-9-21-22(10-15)40(37,38)31-27(30-21)24-26(33)23-17-7-8-18(20-11-19(17)20)25(23)32(28(24)34)12-14-2-5-16(29)6-3-14/h2-6,9-10,17-20,23,25,33H,7-8,11-13H2,1H3,(H,30,31). The van der Waals surface area contributed by atoms with Crippen LogP contribution >= 0.6 is 0 Å². The Hall–Kier alpha value is -3.25. The molecule has 2 bridgehead atoms. The maximum atomic E-state index is 14.1. The lowest BCUT2D eigenvalue weighted by atomic mass is 9.59.